The second kappa shape index (κ2) is 5.02. The third-order valence-electron chi connectivity index (χ3n) is 1.73. The van der Waals surface area contributed by atoms with Crippen LogP contribution in [-0.4, -0.2) is 27.8 Å². The lowest BCUT2D eigenvalue weighted by Gasteiger charge is -2.12. The van der Waals surface area contributed by atoms with Crippen molar-refractivity contribution >= 4 is 0 Å². The fourth-order valence-corrected chi connectivity index (χ4v) is 0.944. The highest BCUT2D eigenvalue weighted by molar-refractivity contribution is 5.03. The maximum atomic E-state index is 9.63. The van der Waals surface area contributed by atoms with Crippen LogP contribution in [0.3, 0.4) is 0 Å². The third kappa shape index (κ3) is 3.40. The van der Waals surface area contributed by atoms with Crippen molar-refractivity contribution in [2.75, 3.05) is 6.61 Å². The molecule has 1 heterocycles. The summed E-state index contributed by atoms with van der Waals surface area (Å²) in [6.45, 7) is 5.96. The number of nitrogens with zero attached hydrogens (tertiary/aromatic N) is 2. The second-order valence-corrected chi connectivity index (χ2v) is 3.48. The van der Waals surface area contributed by atoms with Crippen LogP contribution in [0.2, 0.25) is 0 Å². The van der Waals surface area contributed by atoms with Crippen molar-refractivity contribution in [3.8, 4) is 0 Å². The van der Waals surface area contributed by atoms with Crippen molar-refractivity contribution < 1.29 is 9.84 Å². The molecular weight excluding hydrogens is 180 g/mol. The van der Waals surface area contributed by atoms with Crippen LogP contribution in [0.1, 0.15) is 31.3 Å². The molecule has 0 spiro atoms. The molecule has 14 heavy (non-hydrogen) atoms. The Morgan fingerprint density at radius 2 is 2.07 bits per heavy atom. The van der Waals surface area contributed by atoms with Crippen molar-refractivity contribution in [2.24, 2.45) is 0 Å². The molecule has 4 nitrogen and oxygen atoms in total. The average Bonchev–Trinajstić information content (AvgIpc) is 2.15. The molecule has 0 aliphatic carbocycles. The van der Waals surface area contributed by atoms with Crippen molar-refractivity contribution in [2.45, 2.75) is 33.0 Å². The molecule has 0 aliphatic heterocycles. The first-order valence-electron chi connectivity index (χ1n) is 4.68. The zero-order chi connectivity index (χ0) is 10.6. The maximum absolute atomic E-state index is 9.63. The van der Waals surface area contributed by atoms with E-state index in [0.717, 1.165) is 5.69 Å². The predicted octanol–water partition coefficient (Wildman–Crippen LogP) is 1.24. The first kappa shape index (κ1) is 11.1. The summed E-state index contributed by atoms with van der Waals surface area (Å²) in [5, 5.41) is 9.63. The molecule has 0 saturated heterocycles. The van der Waals surface area contributed by atoms with Gasteiger partial charge in [-0.3, -0.25) is 9.97 Å². The van der Waals surface area contributed by atoms with E-state index in [-0.39, 0.29) is 12.7 Å². The number of hydrogen-bond acceptors (Lipinski definition) is 4. The smallest absolute Gasteiger partial charge is 0.121 e. The molecule has 4 heteroatoms. The molecule has 1 unspecified atom stereocenters. The summed E-state index contributed by atoms with van der Waals surface area (Å²) in [6.07, 6.45) is 2.63. The first-order valence-corrected chi connectivity index (χ1v) is 4.68. The molecule has 1 aromatic heterocycles. The zero-order valence-electron chi connectivity index (χ0n) is 8.77. The van der Waals surface area contributed by atoms with Gasteiger partial charge in [0.05, 0.1) is 30.3 Å². The summed E-state index contributed by atoms with van der Waals surface area (Å²) in [7, 11) is 0. The fraction of sp³-hybridized carbons (Fsp3) is 0.600. The van der Waals surface area contributed by atoms with Crippen LogP contribution in [0, 0.1) is 6.92 Å². The number of rotatable bonds is 4. The molecule has 1 atom stereocenters. The molecule has 0 aliphatic rings. The second-order valence-electron chi connectivity index (χ2n) is 3.48. The quantitative estimate of drug-likeness (QED) is 0.787. The highest BCUT2D eigenvalue weighted by atomic mass is 16.5. The lowest BCUT2D eigenvalue weighted by molar-refractivity contribution is 0.00311. The van der Waals surface area contributed by atoms with E-state index in [9.17, 15) is 5.11 Å². The number of aliphatic hydroxyl groups excluding tert-OH is 1. The van der Waals surface area contributed by atoms with E-state index >= 15 is 0 Å². The Morgan fingerprint density at radius 3 is 2.57 bits per heavy atom. The van der Waals surface area contributed by atoms with Gasteiger partial charge in [-0.25, -0.2) is 0 Å². The fourth-order valence-electron chi connectivity index (χ4n) is 0.944. The van der Waals surface area contributed by atoms with E-state index in [0.29, 0.717) is 5.69 Å². The molecule has 1 N–H and O–H groups in total. The van der Waals surface area contributed by atoms with Gasteiger partial charge in [0.2, 0.25) is 0 Å². The number of aryl methyl sites for hydroxylation is 1. The van der Waals surface area contributed by atoms with Gasteiger partial charge in [0.1, 0.15) is 6.10 Å². The molecule has 0 bridgehead atoms. The van der Waals surface area contributed by atoms with E-state index in [2.05, 4.69) is 9.97 Å². The van der Waals surface area contributed by atoms with Gasteiger partial charge in [0.15, 0.2) is 0 Å². The largest absolute Gasteiger partial charge is 0.384 e. The Kier molecular flexibility index (Phi) is 3.98. The van der Waals surface area contributed by atoms with Crippen LogP contribution < -0.4 is 0 Å². The van der Waals surface area contributed by atoms with E-state index in [1.807, 2.05) is 20.8 Å². The molecule has 0 aromatic carbocycles. The Balaban J connectivity index is 2.52. The predicted molar refractivity (Wildman–Crippen MR) is 52.8 cm³/mol. The molecule has 0 amide bonds. The van der Waals surface area contributed by atoms with E-state index in [1.54, 1.807) is 12.4 Å². The summed E-state index contributed by atoms with van der Waals surface area (Å²) >= 11 is 0. The first-order chi connectivity index (χ1) is 6.59. The normalized spacial score (nSPS) is 13.2. The maximum Gasteiger partial charge on any atom is 0.121 e. The molecule has 0 radical (unpaired) electrons. The number of hydrogen-bond donors (Lipinski definition) is 1. The highest BCUT2D eigenvalue weighted by Gasteiger charge is 2.10. The summed E-state index contributed by atoms with van der Waals surface area (Å²) in [4.78, 5) is 8.11. The van der Waals surface area contributed by atoms with Crippen LogP contribution in [0.5, 0.6) is 0 Å². The van der Waals surface area contributed by atoms with Gasteiger partial charge < -0.3 is 9.84 Å². The van der Waals surface area contributed by atoms with Crippen molar-refractivity contribution in [3.05, 3.63) is 23.8 Å². The van der Waals surface area contributed by atoms with E-state index in [1.165, 1.54) is 0 Å². The average molecular weight is 196 g/mol. The highest BCUT2D eigenvalue weighted by Crippen LogP contribution is 2.09. The minimum atomic E-state index is -0.689. The number of aliphatic hydroxyl groups is 1. The molecular formula is C10H16N2O2. The molecule has 0 fully saturated rings. The summed E-state index contributed by atoms with van der Waals surface area (Å²) < 4.78 is 5.27. The SMILES string of the molecule is Cc1cnc(C(O)COC(C)C)cn1. The van der Waals surface area contributed by atoms with E-state index < -0.39 is 6.10 Å². The van der Waals surface area contributed by atoms with Gasteiger partial charge in [-0.05, 0) is 20.8 Å². The molecule has 1 rings (SSSR count). The molecule has 1 aromatic rings. The minimum Gasteiger partial charge on any atom is -0.384 e. The van der Waals surface area contributed by atoms with Crippen LogP contribution in [0.25, 0.3) is 0 Å². The van der Waals surface area contributed by atoms with Gasteiger partial charge in [-0.1, -0.05) is 0 Å². The molecule has 0 saturated carbocycles. The van der Waals surface area contributed by atoms with E-state index in [4.69, 9.17) is 4.74 Å². The van der Waals surface area contributed by atoms with Gasteiger partial charge in [-0.2, -0.15) is 0 Å². The van der Waals surface area contributed by atoms with Crippen molar-refractivity contribution in [1.29, 1.82) is 0 Å². The Labute approximate surface area is 84.0 Å². The lowest BCUT2D eigenvalue weighted by atomic mass is 10.3. The lowest BCUT2D eigenvalue weighted by Crippen LogP contribution is -2.13. The Morgan fingerprint density at radius 1 is 1.36 bits per heavy atom. The monoisotopic (exact) mass is 196 g/mol. The van der Waals surface area contributed by atoms with Gasteiger partial charge in [0, 0.05) is 6.20 Å². The van der Waals surface area contributed by atoms with Crippen LogP contribution in [0.4, 0.5) is 0 Å². The van der Waals surface area contributed by atoms with Gasteiger partial charge in [0.25, 0.3) is 0 Å². The Hall–Kier alpha value is -1.00. The van der Waals surface area contributed by atoms with Crippen molar-refractivity contribution in [1.82, 2.24) is 9.97 Å². The topological polar surface area (TPSA) is 55.2 Å². The minimum absolute atomic E-state index is 0.114. The Bertz CT molecular complexity index is 272. The standard InChI is InChI=1S/C10H16N2O2/c1-7(2)14-6-10(13)9-5-11-8(3)4-12-9/h4-5,7,10,13H,6H2,1-3H3. The number of ether oxygens (including phenoxy) is 1. The van der Waals surface area contributed by atoms with Gasteiger partial charge >= 0.3 is 0 Å². The van der Waals surface area contributed by atoms with Crippen LogP contribution >= 0.6 is 0 Å². The number of aromatic nitrogens is 2. The summed E-state index contributed by atoms with van der Waals surface area (Å²) in [6, 6.07) is 0. The summed E-state index contributed by atoms with van der Waals surface area (Å²) in [5.41, 5.74) is 1.39. The van der Waals surface area contributed by atoms with Crippen LogP contribution in [0.15, 0.2) is 12.4 Å². The summed E-state index contributed by atoms with van der Waals surface area (Å²) in [5.74, 6) is 0. The van der Waals surface area contributed by atoms with Crippen LogP contribution in [-0.2, 0) is 4.74 Å². The molecule has 78 valence electrons. The zero-order valence-corrected chi connectivity index (χ0v) is 8.77. The van der Waals surface area contributed by atoms with Crippen molar-refractivity contribution in [3.63, 3.8) is 0 Å². The van der Waals surface area contributed by atoms with Gasteiger partial charge in [-0.15, -0.1) is 0 Å². The third-order valence-corrected chi connectivity index (χ3v) is 1.73.